The molecular weight excluding hydrogens is 374 g/mol. The number of fused-ring (bicyclic) bond motifs is 3. The van der Waals surface area contributed by atoms with Gasteiger partial charge >= 0.3 is 0 Å². The van der Waals surface area contributed by atoms with Crippen molar-refractivity contribution in [1.29, 1.82) is 0 Å². The molecule has 7 nitrogen and oxygen atoms in total. The van der Waals surface area contributed by atoms with E-state index >= 15 is 0 Å². The summed E-state index contributed by atoms with van der Waals surface area (Å²) >= 11 is 7.61. The van der Waals surface area contributed by atoms with Gasteiger partial charge in [-0.15, -0.1) is 11.3 Å². The minimum Gasteiger partial charge on any atom is -0.273 e. The molecule has 136 valence electrons. The van der Waals surface area contributed by atoms with Crippen molar-refractivity contribution in [3.05, 3.63) is 43.5 Å². The van der Waals surface area contributed by atoms with Gasteiger partial charge in [0, 0.05) is 18.1 Å². The molecule has 0 fully saturated rings. The lowest BCUT2D eigenvalue weighted by Gasteiger charge is -2.17. The van der Waals surface area contributed by atoms with Crippen LogP contribution in [0.5, 0.6) is 0 Å². The third kappa shape index (κ3) is 2.73. The van der Waals surface area contributed by atoms with Crippen molar-refractivity contribution in [2.75, 3.05) is 5.43 Å². The molecule has 0 bridgehead atoms. The van der Waals surface area contributed by atoms with Crippen LogP contribution < -0.4 is 11.0 Å². The zero-order chi connectivity index (χ0) is 18.6. The average molecular weight is 392 g/mol. The van der Waals surface area contributed by atoms with Crippen LogP contribution in [0.4, 0.5) is 0 Å². The standard InChI is InChI=1S/C17H18ClN5O2S/c1-8-4-5-10-12(6-8)26-16-13(10)17(25)23(9(2)19-16)21-15(24)14-11(18)7-22(3)20-14/h7-8H,4-6H2,1-3H3,(H,21,24)/t8-/m1/s1. The normalized spacial score (nSPS) is 16.7. The molecule has 0 radical (unpaired) electrons. The molecular formula is C17H18ClN5O2S. The Kier molecular flexibility index (Phi) is 4.11. The molecule has 0 unspecified atom stereocenters. The van der Waals surface area contributed by atoms with Crippen LogP contribution in [0.3, 0.4) is 0 Å². The Balaban J connectivity index is 1.79. The minimum absolute atomic E-state index is 0.0711. The number of carbonyl (C=O) groups excluding carboxylic acids is 1. The zero-order valence-electron chi connectivity index (χ0n) is 14.7. The Labute approximate surface area is 158 Å². The maximum absolute atomic E-state index is 13.1. The summed E-state index contributed by atoms with van der Waals surface area (Å²) < 4.78 is 2.64. The van der Waals surface area contributed by atoms with Gasteiger partial charge in [0.2, 0.25) is 0 Å². The van der Waals surface area contributed by atoms with Gasteiger partial charge in [0.25, 0.3) is 11.5 Å². The largest absolute Gasteiger partial charge is 0.292 e. The van der Waals surface area contributed by atoms with Crippen molar-refractivity contribution in [2.24, 2.45) is 13.0 Å². The lowest BCUT2D eigenvalue weighted by atomic mass is 9.89. The first-order valence-electron chi connectivity index (χ1n) is 8.39. The smallest absolute Gasteiger partial charge is 0.273 e. The number of thiophene rings is 1. The van der Waals surface area contributed by atoms with E-state index in [9.17, 15) is 9.59 Å². The Morgan fingerprint density at radius 2 is 2.23 bits per heavy atom. The first-order valence-corrected chi connectivity index (χ1v) is 9.59. The zero-order valence-corrected chi connectivity index (χ0v) is 16.2. The third-order valence-corrected chi connectivity index (χ3v) is 6.13. The van der Waals surface area contributed by atoms with Crippen LogP contribution >= 0.6 is 22.9 Å². The molecule has 3 heterocycles. The van der Waals surface area contributed by atoms with E-state index in [4.69, 9.17) is 11.6 Å². The van der Waals surface area contributed by atoms with E-state index in [0.717, 1.165) is 29.7 Å². The van der Waals surface area contributed by atoms with Gasteiger partial charge in [0.1, 0.15) is 10.7 Å². The Morgan fingerprint density at radius 3 is 2.92 bits per heavy atom. The summed E-state index contributed by atoms with van der Waals surface area (Å²) in [6.07, 6.45) is 4.44. The third-order valence-electron chi connectivity index (χ3n) is 4.71. The molecule has 0 spiro atoms. The topological polar surface area (TPSA) is 81.8 Å². The SMILES string of the molecule is Cc1nc2sc3c(c2c(=O)n1NC(=O)c1nn(C)cc1Cl)CC[C@@H](C)C3. The van der Waals surface area contributed by atoms with E-state index in [1.54, 1.807) is 25.3 Å². The lowest BCUT2D eigenvalue weighted by molar-refractivity contribution is 0.100. The molecule has 26 heavy (non-hydrogen) atoms. The van der Waals surface area contributed by atoms with Gasteiger partial charge in [-0.1, -0.05) is 18.5 Å². The first kappa shape index (κ1) is 17.2. The fraction of sp³-hybridized carbons (Fsp3) is 0.412. The lowest BCUT2D eigenvalue weighted by Crippen LogP contribution is -2.36. The summed E-state index contributed by atoms with van der Waals surface area (Å²) in [7, 11) is 1.67. The van der Waals surface area contributed by atoms with E-state index in [-0.39, 0.29) is 16.3 Å². The van der Waals surface area contributed by atoms with Crippen LogP contribution in [0, 0.1) is 12.8 Å². The van der Waals surface area contributed by atoms with Crippen LogP contribution in [-0.4, -0.2) is 25.3 Å². The summed E-state index contributed by atoms with van der Waals surface area (Å²) in [6, 6.07) is 0. The molecule has 1 amide bonds. The second-order valence-corrected chi connectivity index (χ2v) is 8.26. The van der Waals surface area contributed by atoms with Crippen LogP contribution in [0.1, 0.15) is 40.1 Å². The molecule has 3 aromatic heterocycles. The molecule has 0 saturated carbocycles. The monoisotopic (exact) mass is 391 g/mol. The maximum Gasteiger partial charge on any atom is 0.292 e. The predicted molar refractivity (Wildman–Crippen MR) is 102 cm³/mol. The molecule has 1 aliphatic carbocycles. The molecule has 9 heteroatoms. The van der Waals surface area contributed by atoms with E-state index < -0.39 is 5.91 Å². The van der Waals surface area contributed by atoms with Crippen LogP contribution in [-0.2, 0) is 19.9 Å². The van der Waals surface area contributed by atoms with Gasteiger partial charge in [-0.2, -0.15) is 5.10 Å². The highest BCUT2D eigenvalue weighted by molar-refractivity contribution is 7.18. The predicted octanol–water partition coefficient (Wildman–Crippen LogP) is 2.66. The van der Waals surface area contributed by atoms with E-state index in [0.29, 0.717) is 17.1 Å². The van der Waals surface area contributed by atoms with Crippen molar-refractivity contribution in [1.82, 2.24) is 19.4 Å². The number of hydrogen-bond donors (Lipinski definition) is 1. The summed E-state index contributed by atoms with van der Waals surface area (Å²) in [5.41, 5.74) is 3.50. The molecule has 1 aliphatic rings. The first-order chi connectivity index (χ1) is 12.3. The van der Waals surface area contributed by atoms with Gasteiger partial charge in [-0.25, -0.2) is 9.66 Å². The van der Waals surface area contributed by atoms with Crippen molar-refractivity contribution in [2.45, 2.75) is 33.1 Å². The number of amides is 1. The van der Waals surface area contributed by atoms with E-state index in [2.05, 4.69) is 22.4 Å². The summed E-state index contributed by atoms with van der Waals surface area (Å²) in [5, 5.41) is 4.88. The van der Waals surface area contributed by atoms with Gasteiger partial charge in [0.05, 0.1) is 10.4 Å². The molecule has 1 atom stereocenters. The second-order valence-electron chi connectivity index (χ2n) is 6.77. The Morgan fingerprint density at radius 1 is 1.46 bits per heavy atom. The van der Waals surface area contributed by atoms with Crippen molar-refractivity contribution in [3.8, 4) is 0 Å². The van der Waals surface area contributed by atoms with Crippen molar-refractivity contribution < 1.29 is 4.79 Å². The number of hydrogen-bond acceptors (Lipinski definition) is 5. The molecule has 4 rings (SSSR count). The quantitative estimate of drug-likeness (QED) is 0.728. The average Bonchev–Trinajstić information content (AvgIpc) is 3.09. The number of nitrogens with zero attached hydrogens (tertiary/aromatic N) is 4. The number of halogens is 1. The highest BCUT2D eigenvalue weighted by Crippen LogP contribution is 2.35. The molecule has 1 N–H and O–H groups in total. The molecule has 0 aliphatic heterocycles. The molecule has 0 aromatic carbocycles. The highest BCUT2D eigenvalue weighted by atomic mass is 35.5. The Bertz CT molecular complexity index is 1100. The maximum atomic E-state index is 13.1. The number of aryl methyl sites for hydroxylation is 3. The molecule has 3 aromatic rings. The van der Waals surface area contributed by atoms with Crippen LogP contribution in [0.25, 0.3) is 10.2 Å². The van der Waals surface area contributed by atoms with Gasteiger partial charge in [-0.05, 0) is 37.7 Å². The summed E-state index contributed by atoms with van der Waals surface area (Å²) in [4.78, 5) is 32.1. The highest BCUT2D eigenvalue weighted by Gasteiger charge is 2.25. The number of carbonyl (C=O) groups is 1. The van der Waals surface area contributed by atoms with E-state index in [1.807, 2.05) is 0 Å². The second kappa shape index (κ2) is 6.21. The van der Waals surface area contributed by atoms with Gasteiger partial charge in [-0.3, -0.25) is 19.7 Å². The van der Waals surface area contributed by atoms with Crippen molar-refractivity contribution in [3.63, 3.8) is 0 Å². The van der Waals surface area contributed by atoms with E-state index in [1.165, 1.54) is 20.4 Å². The summed E-state index contributed by atoms with van der Waals surface area (Å²) in [6.45, 7) is 3.92. The number of nitrogens with one attached hydrogen (secondary N) is 1. The Hall–Kier alpha value is -2.19. The van der Waals surface area contributed by atoms with Crippen LogP contribution in [0.15, 0.2) is 11.0 Å². The number of aromatic nitrogens is 4. The van der Waals surface area contributed by atoms with Crippen LogP contribution in [0.2, 0.25) is 5.02 Å². The number of rotatable bonds is 2. The summed E-state index contributed by atoms with van der Waals surface area (Å²) in [5.74, 6) is 0.499. The van der Waals surface area contributed by atoms with Crippen molar-refractivity contribution >= 4 is 39.1 Å². The van der Waals surface area contributed by atoms with Gasteiger partial charge in [0.15, 0.2) is 5.69 Å². The van der Waals surface area contributed by atoms with Gasteiger partial charge < -0.3 is 0 Å². The molecule has 0 saturated heterocycles. The minimum atomic E-state index is -0.542. The fourth-order valence-corrected chi connectivity index (χ4v) is 5.07. The fourth-order valence-electron chi connectivity index (χ4n) is 3.39.